The fourth-order valence-corrected chi connectivity index (χ4v) is 2.29. The van der Waals surface area contributed by atoms with Crippen molar-refractivity contribution in [1.29, 1.82) is 0 Å². The van der Waals surface area contributed by atoms with Crippen LogP contribution in [0.3, 0.4) is 0 Å². The summed E-state index contributed by atoms with van der Waals surface area (Å²) < 4.78 is 0. The van der Waals surface area contributed by atoms with E-state index >= 15 is 0 Å². The molecule has 0 aliphatic heterocycles. The van der Waals surface area contributed by atoms with Crippen molar-refractivity contribution in [3.8, 4) is 0 Å². The van der Waals surface area contributed by atoms with Crippen LogP contribution in [0.2, 0.25) is 0 Å². The third-order valence-electron chi connectivity index (χ3n) is 3.76. The molecule has 0 radical (unpaired) electrons. The number of hydrogen-bond donors (Lipinski definition) is 2. The minimum Gasteiger partial charge on any atom is -0.481 e. The summed E-state index contributed by atoms with van der Waals surface area (Å²) in [6.07, 6.45) is 15.8. The first-order chi connectivity index (χ1) is 10.0. The van der Waals surface area contributed by atoms with E-state index in [9.17, 15) is 9.90 Å². The van der Waals surface area contributed by atoms with E-state index in [0.717, 1.165) is 19.3 Å². The average Bonchev–Trinajstić information content (AvgIpc) is 2.45. The van der Waals surface area contributed by atoms with Crippen molar-refractivity contribution >= 4 is 5.97 Å². The summed E-state index contributed by atoms with van der Waals surface area (Å²) in [7, 11) is 0. The molecule has 3 nitrogen and oxygen atoms in total. The molecule has 0 rings (SSSR count). The SMILES string of the molecule is C=C[C@@](O)(C/C=C\CCC(=O)O)CCCCCCCCC. The molecule has 0 heterocycles. The number of allylic oxidation sites excluding steroid dienone is 1. The first-order valence-electron chi connectivity index (χ1n) is 8.27. The van der Waals surface area contributed by atoms with Crippen molar-refractivity contribution in [1.82, 2.24) is 0 Å². The van der Waals surface area contributed by atoms with Gasteiger partial charge in [-0.25, -0.2) is 0 Å². The Balaban J connectivity index is 3.78. The third-order valence-corrected chi connectivity index (χ3v) is 3.76. The van der Waals surface area contributed by atoms with Crippen LogP contribution in [0.15, 0.2) is 24.8 Å². The summed E-state index contributed by atoms with van der Waals surface area (Å²) in [5.74, 6) is -0.790. The summed E-state index contributed by atoms with van der Waals surface area (Å²) in [5, 5.41) is 18.9. The smallest absolute Gasteiger partial charge is 0.303 e. The number of carboxylic acid groups (broad SMARTS) is 1. The van der Waals surface area contributed by atoms with E-state index in [1.54, 1.807) is 6.08 Å². The molecule has 3 heteroatoms. The summed E-state index contributed by atoms with van der Waals surface area (Å²) in [5.41, 5.74) is -0.844. The molecule has 1 atom stereocenters. The lowest BCUT2D eigenvalue weighted by molar-refractivity contribution is -0.136. The highest BCUT2D eigenvalue weighted by molar-refractivity contribution is 5.66. The Labute approximate surface area is 129 Å². The fraction of sp³-hybridized carbons (Fsp3) is 0.722. The van der Waals surface area contributed by atoms with Gasteiger partial charge in [0.2, 0.25) is 0 Å². The zero-order valence-electron chi connectivity index (χ0n) is 13.5. The molecule has 0 saturated heterocycles. The van der Waals surface area contributed by atoms with Crippen LogP contribution in [0.5, 0.6) is 0 Å². The predicted molar refractivity (Wildman–Crippen MR) is 88.4 cm³/mol. The van der Waals surface area contributed by atoms with Crippen LogP contribution < -0.4 is 0 Å². The van der Waals surface area contributed by atoms with Gasteiger partial charge in [-0.1, -0.05) is 70.1 Å². The second kappa shape index (κ2) is 12.6. The second-order valence-electron chi connectivity index (χ2n) is 5.79. The van der Waals surface area contributed by atoms with E-state index in [1.807, 2.05) is 12.2 Å². The Bertz CT molecular complexity index is 310. The Morgan fingerprint density at radius 1 is 1.10 bits per heavy atom. The van der Waals surface area contributed by atoms with Gasteiger partial charge in [-0.2, -0.15) is 0 Å². The zero-order valence-corrected chi connectivity index (χ0v) is 13.5. The van der Waals surface area contributed by atoms with Crippen LogP contribution >= 0.6 is 0 Å². The number of hydrogen-bond acceptors (Lipinski definition) is 2. The number of aliphatic hydroxyl groups is 1. The molecule has 2 N–H and O–H groups in total. The Morgan fingerprint density at radius 2 is 1.71 bits per heavy atom. The first kappa shape index (κ1) is 19.9. The molecule has 0 saturated carbocycles. The monoisotopic (exact) mass is 296 g/mol. The highest BCUT2D eigenvalue weighted by Crippen LogP contribution is 2.22. The maximum absolute atomic E-state index is 10.4. The maximum Gasteiger partial charge on any atom is 0.303 e. The molecule has 0 spiro atoms. The van der Waals surface area contributed by atoms with Gasteiger partial charge in [-0.05, 0) is 19.3 Å². The van der Waals surface area contributed by atoms with E-state index in [1.165, 1.54) is 32.1 Å². The second-order valence-corrected chi connectivity index (χ2v) is 5.79. The van der Waals surface area contributed by atoms with Crippen molar-refractivity contribution in [2.45, 2.75) is 83.2 Å². The number of carbonyl (C=O) groups is 1. The van der Waals surface area contributed by atoms with Gasteiger partial charge in [0.25, 0.3) is 0 Å². The van der Waals surface area contributed by atoms with Gasteiger partial charge in [-0.15, -0.1) is 6.58 Å². The summed E-state index contributed by atoms with van der Waals surface area (Å²) in [6.45, 7) is 5.94. The quantitative estimate of drug-likeness (QED) is 0.355. The Hall–Kier alpha value is -1.09. The van der Waals surface area contributed by atoms with Crippen molar-refractivity contribution in [3.05, 3.63) is 24.8 Å². The molecule has 0 bridgehead atoms. The molecule has 0 amide bonds. The number of carboxylic acids is 1. The molecule has 0 unspecified atom stereocenters. The summed E-state index contributed by atoms with van der Waals surface area (Å²) in [4.78, 5) is 10.4. The van der Waals surface area contributed by atoms with Crippen molar-refractivity contribution in [2.24, 2.45) is 0 Å². The average molecular weight is 296 g/mol. The predicted octanol–water partition coefficient (Wildman–Crippen LogP) is 4.86. The topological polar surface area (TPSA) is 57.5 Å². The van der Waals surface area contributed by atoms with E-state index in [-0.39, 0.29) is 6.42 Å². The van der Waals surface area contributed by atoms with E-state index in [4.69, 9.17) is 5.11 Å². The highest BCUT2D eigenvalue weighted by atomic mass is 16.4. The third kappa shape index (κ3) is 12.4. The fourth-order valence-electron chi connectivity index (χ4n) is 2.29. The molecule has 122 valence electrons. The molecule has 0 aromatic heterocycles. The maximum atomic E-state index is 10.4. The highest BCUT2D eigenvalue weighted by Gasteiger charge is 2.20. The van der Waals surface area contributed by atoms with E-state index in [0.29, 0.717) is 12.8 Å². The molecule has 0 fully saturated rings. The molecule has 0 aliphatic carbocycles. The van der Waals surface area contributed by atoms with Crippen molar-refractivity contribution in [3.63, 3.8) is 0 Å². The van der Waals surface area contributed by atoms with Gasteiger partial charge >= 0.3 is 5.97 Å². The minimum absolute atomic E-state index is 0.140. The molecule has 0 aromatic carbocycles. The lowest BCUT2D eigenvalue weighted by atomic mass is 9.92. The van der Waals surface area contributed by atoms with Gasteiger partial charge in [0.15, 0.2) is 0 Å². The normalized spacial score (nSPS) is 14.2. The molecule has 0 aromatic rings. The van der Waals surface area contributed by atoms with Crippen LogP contribution in [0.4, 0.5) is 0 Å². The summed E-state index contributed by atoms with van der Waals surface area (Å²) in [6, 6.07) is 0. The summed E-state index contributed by atoms with van der Waals surface area (Å²) >= 11 is 0. The van der Waals surface area contributed by atoms with Crippen LogP contribution in [-0.2, 0) is 4.79 Å². The van der Waals surface area contributed by atoms with E-state index in [2.05, 4.69) is 13.5 Å². The Kier molecular flexibility index (Phi) is 12.0. The van der Waals surface area contributed by atoms with Crippen molar-refractivity contribution in [2.75, 3.05) is 0 Å². The van der Waals surface area contributed by atoms with Gasteiger partial charge in [0, 0.05) is 6.42 Å². The van der Waals surface area contributed by atoms with Crippen LogP contribution in [0.1, 0.15) is 77.6 Å². The molecule has 21 heavy (non-hydrogen) atoms. The molecule has 0 aliphatic rings. The number of unbranched alkanes of at least 4 members (excludes halogenated alkanes) is 6. The Morgan fingerprint density at radius 3 is 2.29 bits per heavy atom. The molecular formula is C18H32O3. The van der Waals surface area contributed by atoms with Gasteiger partial charge < -0.3 is 10.2 Å². The molecular weight excluding hydrogens is 264 g/mol. The van der Waals surface area contributed by atoms with Gasteiger partial charge in [-0.3, -0.25) is 4.79 Å². The van der Waals surface area contributed by atoms with Gasteiger partial charge in [0.05, 0.1) is 5.60 Å². The lowest BCUT2D eigenvalue weighted by Crippen LogP contribution is -2.24. The lowest BCUT2D eigenvalue weighted by Gasteiger charge is -2.22. The van der Waals surface area contributed by atoms with Crippen molar-refractivity contribution < 1.29 is 15.0 Å². The number of aliphatic carboxylic acids is 1. The van der Waals surface area contributed by atoms with Crippen LogP contribution in [0, 0.1) is 0 Å². The van der Waals surface area contributed by atoms with Crippen LogP contribution in [0.25, 0.3) is 0 Å². The minimum atomic E-state index is -0.844. The standard InChI is InChI=1S/C18H32O3/c1-3-5-6-7-8-9-12-15-18(21,4-2)16-13-10-11-14-17(19)20/h4,10,13,21H,2-3,5-9,11-12,14-16H2,1H3,(H,19,20)/b13-10-/t18-/m0/s1. The first-order valence-corrected chi connectivity index (χ1v) is 8.27. The number of rotatable bonds is 14. The van der Waals surface area contributed by atoms with Gasteiger partial charge in [0.1, 0.15) is 0 Å². The zero-order chi connectivity index (χ0) is 16.0. The van der Waals surface area contributed by atoms with E-state index < -0.39 is 11.6 Å². The largest absolute Gasteiger partial charge is 0.481 e. The van der Waals surface area contributed by atoms with Crippen LogP contribution in [-0.4, -0.2) is 21.8 Å².